The number of imidazole rings is 1. The molecule has 0 spiro atoms. The number of nitrogens with one attached hydrogen (secondary N) is 1. The number of benzene rings is 1. The van der Waals surface area contributed by atoms with Gasteiger partial charge in [-0.05, 0) is 52.3 Å². The Morgan fingerprint density at radius 1 is 1.06 bits per heavy atom. The molecule has 0 saturated heterocycles. The van der Waals surface area contributed by atoms with E-state index in [1.807, 2.05) is 18.2 Å². The van der Waals surface area contributed by atoms with Crippen molar-refractivity contribution in [3.63, 3.8) is 0 Å². The van der Waals surface area contributed by atoms with E-state index in [0.29, 0.717) is 11.5 Å². The SMILES string of the molecule is COC(=O)C1=C(C(=O)OC)N(c2ccc3nc(-c4cncc(Br)c4)[nH]c3c2)C=CC=C1. The molecule has 0 unspecified atom stereocenters. The number of carbonyl (C=O) groups is 2. The van der Waals surface area contributed by atoms with Crippen LogP contribution in [0.1, 0.15) is 0 Å². The molecule has 4 rings (SSSR count). The number of pyridine rings is 1. The molecule has 0 amide bonds. The van der Waals surface area contributed by atoms with Crippen LogP contribution in [0.4, 0.5) is 5.69 Å². The molecule has 0 radical (unpaired) electrons. The fourth-order valence-electron chi connectivity index (χ4n) is 3.19. The molecule has 2 aromatic heterocycles. The Hall–Kier alpha value is -3.72. The van der Waals surface area contributed by atoms with Gasteiger partial charge in [-0.15, -0.1) is 0 Å². The molecule has 8 nitrogen and oxygen atoms in total. The number of fused-ring (bicyclic) bond motifs is 1. The van der Waals surface area contributed by atoms with Crippen molar-refractivity contribution in [3.05, 3.63) is 76.8 Å². The van der Waals surface area contributed by atoms with E-state index in [9.17, 15) is 9.59 Å². The summed E-state index contributed by atoms with van der Waals surface area (Å²) >= 11 is 3.41. The zero-order valence-corrected chi connectivity index (χ0v) is 18.2. The summed E-state index contributed by atoms with van der Waals surface area (Å²) in [5.74, 6) is -0.646. The Morgan fingerprint density at radius 3 is 2.61 bits per heavy atom. The fourth-order valence-corrected chi connectivity index (χ4v) is 3.56. The lowest BCUT2D eigenvalue weighted by Gasteiger charge is -2.23. The lowest BCUT2D eigenvalue weighted by Crippen LogP contribution is -2.26. The van der Waals surface area contributed by atoms with Crippen LogP contribution in [-0.2, 0) is 19.1 Å². The standard InChI is InChI=1S/C22H17BrN4O4/c1-30-21(28)16-5-3-4-8-27(19(16)22(29)31-2)15-6-7-17-18(10-15)26-20(25-17)13-9-14(23)12-24-11-13/h3-12H,1-2H3,(H,25,26). The van der Waals surface area contributed by atoms with Gasteiger partial charge in [0.15, 0.2) is 0 Å². The van der Waals surface area contributed by atoms with Crippen molar-refractivity contribution in [2.24, 2.45) is 0 Å². The zero-order valence-electron chi connectivity index (χ0n) is 16.6. The lowest BCUT2D eigenvalue weighted by molar-refractivity contribution is -0.139. The van der Waals surface area contributed by atoms with Gasteiger partial charge in [0.25, 0.3) is 0 Å². The van der Waals surface area contributed by atoms with Crippen LogP contribution in [-0.4, -0.2) is 41.1 Å². The van der Waals surface area contributed by atoms with Gasteiger partial charge < -0.3 is 19.4 Å². The van der Waals surface area contributed by atoms with Gasteiger partial charge in [-0.1, -0.05) is 6.08 Å². The van der Waals surface area contributed by atoms with E-state index < -0.39 is 11.9 Å². The Balaban J connectivity index is 1.82. The molecular weight excluding hydrogens is 464 g/mol. The van der Waals surface area contributed by atoms with Gasteiger partial charge in [-0.25, -0.2) is 14.6 Å². The Bertz CT molecular complexity index is 1280. The maximum Gasteiger partial charge on any atom is 0.355 e. The van der Waals surface area contributed by atoms with Crippen molar-refractivity contribution in [2.45, 2.75) is 0 Å². The monoisotopic (exact) mass is 480 g/mol. The largest absolute Gasteiger partial charge is 0.465 e. The summed E-state index contributed by atoms with van der Waals surface area (Å²) in [6.45, 7) is 0. The average Bonchev–Trinajstić information content (AvgIpc) is 3.09. The van der Waals surface area contributed by atoms with Crippen LogP contribution in [0.3, 0.4) is 0 Å². The van der Waals surface area contributed by atoms with Gasteiger partial charge in [0.05, 0.1) is 30.8 Å². The predicted molar refractivity (Wildman–Crippen MR) is 119 cm³/mol. The number of H-pyrrole nitrogens is 1. The molecule has 1 N–H and O–H groups in total. The number of esters is 2. The van der Waals surface area contributed by atoms with Gasteiger partial charge >= 0.3 is 11.9 Å². The van der Waals surface area contributed by atoms with E-state index in [2.05, 4.69) is 30.9 Å². The van der Waals surface area contributed by atoms with E-state index in [1.54, 1.807) is 41.7 Å². The Kier molecular flexibility index (Phi) is 5.68. The molecule has 9 heteroatoms. The first-order valence-corrected chi connectivity index (χ1v) is 9.97. The second kappa shape index (κ2) is 8.57. The third-order valence-corrected chi connectivity index (χ3v) is 5.04. The van der Waals surface area contributed by atoms with Crippen LogP contribution < -0.4 is 4.90 Å². The first kappa shape index (κ1) is 20.5. The fraction of sp³-hybridized carbons (Fsp3) is 0.0909. The van der Waals surface area contributed by atoms with Gasteiger partial charge in [0.2, 0.25) is 0 Å². The number of hydrogen-bond acceptors (Lipinski definition) is 7. The lowest BCUT2D eigenvalue weighted by atomic mass is 10.1. The van der Waals surface area contributed by atoms with Crippen molar-refractivity contribution in [1.29, 1.82) is 0 Å². The van der Waals surface area contributed by atoms with E-state index >= 15 is 0 Å². The highest BCUT2D eigenvalue weighted by molar-refractivity contribution is 9.10. The zero-order chi connectivity index (χ0) is 22.0. The maximum atomic E-state index is 12.6. The van der Waals surface area contributed by atoms with Crippen LogP contribution in [0.15, 0.2) is 76.8 Å². The molecule has 3 heterocycles. The van der Waals surface area contributed by atoms with Crippen molar-refractivity contribution in [1.82, 2.24) is 15.0 Å². The van der Waals surface area contributed by atoms with Gasteiger partial charge in [0, 0.05) is 34.3 Å². The molecule has 31 heavy (non-hydrogen) atoms. The van der Waals surface area contributed by atoms with E-state index in [4.69, 9.17) is 9.47 Å². The maximum absolute atomic E-state index is 12.6. The third-order valence-electron chi connectivity index (χ3n) is 4.61. The number of aromatic amines is 1. The van der Waals surface area contributed by atoms with Gasteiger partial charge in [0.1, 0.15) is 11.5 Å². The molecular formula is C22H17BrN4O4. The van der Waals surface area contributed by atoms with Crippen molar-refractivity contribution >= 4 is 44.6 Å². The number of aromatic nitrogens is 3. The Labute approximate surface area is 186 Å². The number of rotatable bonds is 4. The number of hydrogen-bond donors (Lipinski definition) is 1. The summed E-state index contributed by atoms with van der Waals surface area (Å²) in [5.41, 5.74) is 3.10. The van der Waals surface area contributed by atoms with E-state index in [1.165, 1.54) is 20.3 Å². The van der Waals surface area contributed by atoms with Crippen LogP contribution in [0.5, 0.6) is 0 Å². The number of anilines is 1. The predicted octanol–water partition coefficient (Wildman–Crippen LogP) is 3.88. The second-order valence-electron chi connectivity index (χ2n) is 6.49. The minimum atomic E-state index is -0.665. The highest BCUT2D eigenvalue weighted by Gasteiger charge is 2.27. The minimum absolute atomic E-state index is 0.0506. The second-order valence-corrected chi connectivity index (χ2v) is 7.41. The summed E-state index contributed by atoms with van der Waals surface area (Å²) in [6, 6.07) is 7.38. The Morgan fingerprint density at radius 2 is 1.87 bits per heavy atom. The number of halogens is 1. The van der Waals surface area contributed by atoms with Crippen LogP contribution in [0.2, 0.25) is 0 Å². The topological polar surface area (TPSA) is 97.4 Å². The van der Waals surface area contributed by atoms with Crippen molar-refractivity contribution < 1.29 is 19.1 Å². The number of ether oxygens (including phenoxy) is 2. The molecule has 0 aliphatic carbocycles. The first-order chi connectivity index (χ1) is 15.0. The highest BCUT2D eigenvalue weighted by Crippen LogP contribution is 2.30. The minimum Gasteiger partial charge on any atom is -0.465 e. The summed E-state index contributed by atoms with van der Waals surface area (Å²) in [6.07, 6.45) is 9.98. The molecule has 1 aliphatic heterocycles. The summed E-state index contributed by atoms with van der Waals surface area (Å²) < 4.78 is 10.6. The molecule has 3 aromatic rings. The quantitative estimate of drug-likeness (QED) is 0.565. The molecule has 0 atom stereocenters. The van der Waals surface area contributed by atoms with Crippen LogP contribution >= 0.6 is 15.9 Å². The molecule has 0 bridgehead atoms. The number of nitrogens with zero attached hydrogens (tertiary/aromatic N) is 3. The van der Waals surface area contributed by atoms with Gasteiger partial charge in [-0.2, -0.15) is 0 Å². The van der Waals surface area contributed by atoms with E-state index in [0.717, 1.165) is 21.1 Å². The molecule has 1 aliphatic rings. The molecule has 0 saturated carbocycles. The summed E-state index contributed by atoms with van der Waals surface area (Å²) in [7, 11) is 2.52. The number of carbonyl (C=O) groups excluding carboxylic acids is 2. The van der Waals surface area contributed by atoms with Gasteiger partial charge in [-0.3, -0.25) is 4.98 Å². The van der Waals surface area contributed by atoms with Crippen LogP contribution in [0, 0.1) is 0 Å². The van der Waals surface area contributed by atoms with E-state index in [-0.39, 0.29) is 11.3 Å². The average molecular weight is 481 g/mol. The van der Waals surface area contributed by atoms with Crippen molar-refractivity contribution in [3.8, 4) is 11.4 Å². The molecule has 156 valence electrons. The summed E-state index contributed by atoms with van der Waals surface area (Å²) in [4.78, 5) is 38.5. The molecule has 1 aromatic carbocycles. The smallest absolute Gasteiger partial charge is 0.355 e. The number of methoxy groups -OCH3 is 2. The first-order valence-electron chi connectivity index (χ1n) is 9.17. The highest BCUT2D eigenvalue weighted by atomic mass is 79.9. The number of allylic oxidation sites excluding steroid dienone is 2. The molecule has 0 fully saturated rings. The van der Waals surface area contributed by atoms with Crippen LogP contribution in [0.25, 0.3) is 22.4 Å². The normalized spacial score (nSPS) is 13.5. The van der Waals surface area contributed by atoms with Crippen molar-refractivity contribution in [2.75, 3.05) is 19.1 Å². The third kappa shape index (κ3) is 3.99. The summed E-state index contributed by atoms with van der Waals surface area (Å²) in [5, 5.41) is 0.